The first kappa shape index (κ1) is 18.1. The Labute approximate surface area is 156 Å². The van der Waals surface area contributed by atoms with E-state index in [0.717, 1.165) is 31.5 Å². The molecule has 1 aromatic heterocycles. The van der Waals surface area contributed by atoms with Crippen molar-refractivity contribution in [3.8, 4) is 11.4 Å². The van der Waals surface area contributed by atoms with Crippen LogP contribution in [0.3, 0.4) is 0 Å². The normalized spacial score (nSPS) is 15.6. The van der Waals surface area contributed by atoms with Crippen LogP contribution >= 0.6 is 23.4 Å². The maximum Gasteiger partial charge on any atom is 0.233 e. The highest BCUT2D eigenvalue weighted by Crippen LogP contribution is 2.24. The molecule has 1 amide bonds. The smallest absolute Gasteiger partial charge is 0.233 e. The molecule has 25 heavy (non-hydrogen) atoms. The van der Waals surface area contributed by atoms with Crippen molar-refractivity contribution < 1.29 is 4.79 Å². The second kappa shape index (κ2) is 8.58. The van der Waals surface area contributed by atoms with E-state index in [1.807, 2.05) is 17.0 Å². The predicted octanol–water partition coefficient (Wildman–Crippen LogP) is 3.20. The lowest BCUT2D eigenvalue weighted by molar-refractivity contribution is -0.128. The number of nitrogen functional groups attached to an aromatic ring is 1. The lowest BCUT2D eigenvalue weighted by Gasteiger charge is -2.24. The number of likely N-dealkylation sites (tertiary alicyclic amines) is 1. The van der Waals surface area contributed by atoms with Crippen LogP contribution in [0.2, 0.25) is 5.02 Å². The van der Waals surface area contributed by atoms with Crippen molar-refractivity contribution in [1.29, 1.82) is 0 Å². The van der Waals surface area contributed by atoms with E-state index < -0.39 is 0 Å². The van der Waals surface area contributed by atoms with Gasteiger partial charge in [0, 0.05) is 23.7 Å². The van der Waals surface area contributed by atoms with Gasteiger partial charge < -0.3 is 10.7 Å². The van der Waals surface area contributed by atoms with Gasteiger partial charge in [-0.1, -0.05) is 54.8 Å². The van der Waals surface area contributed by atoms with Crippen LogP contribution < -0.4 is 5.84 Å². The van der Waals surface area contributed by atoms with Crippen molar-refractivity contribution >= 4 is 29.3 Å². The zero-order chi connectivity index (χ0) is 17.6. The SMILES string of the molecule is Nn1c(SCC(=O)N2CCCCCCC2)nnc1-c1cccc(Cl)c1. The molecule has 1 aliphatic rings. The lowest BCUT2D eigenvalue weighted by Crippen LogP contribution is -2.35. The maximum atomic E-state index is 12.5. The third-order valence-corrected chi connectivity index (χ3v) is 5.44. The van der Waals surface area contributed by atoms with Gasteiger partial charge in [0.15, 0.2) is 5.82 Å². The Morgan fingerprint density at radius 2 is 1.88 bits per heavy atom. The molecular formula is C17H22ClN5OS. The fourth-order valence-electron chi connectivity index (χ4n) is 2.91. The molecule has 134 valence electrons. The van der Waals surface area contributed by atoms with Crippen molar-refractivity contribution in [3.05, 3.63) is 29.3 Å². The summed E-state index contributed by atoms with van der Waals surface area (Å²) in [6.07, 6.45) is 5.86. The summed E-state index contributed by atoms with van der Waals surface area (Å²) in [5.41, 5.74) is 0.796. The molecular weight excluding hydrogens is 358 g/mol. The third kappa shape index (κ3) is 4.67. The summed E-state index contributed by atoms with van der Waals surface area (Å²) in [5.74, 6) is 7.09. The first-order valence-electron chi connectivity index (χ1n) is 8.52. The largest absolute Gasteiger partial charge is 0.342 e. The van der Waals surface area contributed by atoms with Gasteiger partial charge in [-0.2, -0.15) is 0 Å². The van der Waals surface area contributed by atoms with Crippen LogP contribution in [0.5, 0.6) is 0 Å². The van der Waals surface area contributed by atoms with Crippen LogP contribution in [-0.2, 0) is 4.79 Å². The molecule has 0 unspecified atom stereocenters. The number of nitrogens with zero attached hydrogens (tertiary/aromatic N) is 4. The van der Waals surface area contributed by atoms with Gasteiger partial charge in [-0.15, -0.1) is 10.2 Å². The summed E-state index contributed by atoms with van der Waals surface area (Å²) in [6.45, 7) is 1.70. The molecule has 6 nitrogen and oxygen atoms in total. The van der Waals surface area contributed by atoms with Crippen molar-refractivity contribution in [2.24, 2.45) is 0 Å². The summed E-state index contributed by atoms with van der Waals surface area (Å²) < 4.78 is 1.41. The molecule has 8 heteroatoms. The molecule has 0 aliphatic carbocycles. The van der Waals surface area contributed by atoms with E-state index in [0.29, 0.717) is 21.8 Å². The topological polar surface area (TPSA) is 77.0 Å². The first-order valence-corrected chi connectivity index (χ1v) is 9.88. The molecule has 3 rings (SSSR count). The first-order chi connectivity index (χ1) is 12.1. The van der Waals surface area contributed by atoms with Crippen molar-refractivity contribution in [2.45, 2.75) is 37.3 Å². The van der Waals surface area contributed by atoms with E-state index in [1.165, 1.54) is 35.7 Å². The zero-order valence-corrected chi connectivity index (χ0v) is 15.6. The number of rotatable bonds is 4. The van der Waals surface area contributed by atoms with Crippen LogP contribution in [0, 0.1) is 0 Å². The van der Waals surface area contributed by atoms with Gasteiger partial charge in [0.05, 0.1) is 5.75 Å². The van der Waals surface area contributed by atoms with Crippen LogP contribution in [-0.4, -0.2) is 44.5 Å². The quantitative estimate of drug-likeness (QED) is 0.652. The summed E-state index contributed by atoms with van der Waals surface area (Å²) in [6, 6.07) is 7.29. The average Bonchev–Trinajstić information content (AvgIpc) is 2.93. The summed E-state index contributed by atoms with van der Waals surface area (Å²) in [4.78, 5) is 14.4. The van der Waals surface area contributed by atoms with Crippen LogP contribution in [0.15, 0.2) is 29.4 Å². The molecule has 0 atom stereocenters. The fourth-order valence-corrected chi connectivity index (χ4v) is 3.86. The minimum Gasteiger partial charge on any atom is -0.342 e. The third-order valence-electron chi connectivity index (χ3n) is 4.28. The van der Waals surface area contributed by atoms with Crippen molar-refractivity contribution in [1.82, 2.24) is 19.8 Å². The number of aromatic nitrogens is 3. The van der Waals surface area contributed by atoms with Gasteiger partial charge >= 0.3 is 0 Å². The van der Waals surface area contributed by atoms with E-state index >= 15 is 0 Å². The molecule has 1 aromatic carbocycles. The van der Waals surface area contributed by atoms with Gasteiger partial charge in [-0.05, 0) is 25.0 Å². The number of halogens is 1. The second-order valence-corrected chi connectivity index (χ2v) is 7.50. The minimum atomic E-state index is 0.138. The highest BCUT2D eigenvalue weighted by atomic mass is 35.5. The van der Waals surface area contributed by atoms with E-state index in [1.54, 1.807) is 12.1 Å². The molecule has 1 saturated heterocycles. The Kier molecular flexibility index (Phi) is 6.20. The second-order valence-electron chi connectivity index (χ2n) is 6.12. The number of benzene rings is 1. The molecule has 2 aromatic rings. The van der Waals surface area contributed by atoms with Gasteiger partial charge in [0.1, 0.15) is 0 Å². The number of amides is 1. The fraction of sp³-hybridized carbons (Fsp3) is 0.471. The molecule has 2 heterocycles. The number of carbonyl (C=O) groups is 1. The standard InChI is InChI=1S/C17H22ClN5OS/c18-14-8-6-7-13(11-14)16-20-21-17(23(16)19)25-12-15(24)22-9-4-2-1-3-5-10-22/h6-8,11H,1-5,9-10,12,19H2. The van der Waals surface area contributed by atoms with E-state index in [2.05, 4.69) is 10.2 Å². The Balaban J connectivity index is 1.62. The number of nitrogens with two attached hydrogens (primary N) is 1. The van der Waals surface area contributed by atoms with Crippen LogP contribution in [0.4, 0.5) is 0 Å². The van der Waals surface area contributed by atoms with Crippen molar-refractivity contribution in [3.63, 3.8) is 0 Å². The van der Waals surface area contributed by atoms with Crippen LogP contribution in [0.1, 0.15) is 32.1 Å². The molecule has 2 N–H and O–H groups in total. The monoisotopic (exact) mass is 379 g/mol. The number of hydrogen-bond acceptors (Lipinski definition) is 5. The Bertz CT molecular complexity index is 728. The van der Waals surface area contributed by atoms with E-state index in [-0.39, 0.29) is 5.91 Å². The molecule has 0 spiro atoms. The predicted molar refractivity (Wildman–Crippen MR) is 101 cm³/mol. The van der Waals surface area contributed by atoms with Gasteiger partial charge in [0.2, 0.25) is 11.1 Å². The molecule has 0 saturated carbocycles. The lowest BCUT2D eigenvalue weighted by atomic mass is 10.1. The van der Waals surface area contributed by atoms with E-state index in [4.69, 9.17) is 17.4 Å². The Morgan fingerprint density at radius 3 is 2.60 bits per heavy atom. The number of hydrogen-bond donors (Lipinski definition) is 1. The molecule has 1 aliphatic heterocycles. The highest BCUT2D eigenvalue weighted by molar-refractivity contribution is 7.99. The average molecular weight is 380 g/mol. The summed E-state index contributed by atoms with van der Waals surface area (Å²) in [5, 5.41) is 9.37. The molecule has 1 fully saturated rings. The molecule has 0 radical (unpaired) electrons. The van der Waals surface area contributed by atoms with E-state index in [9.17, 15) is 4.79 Å². The summed E-state index contributed by atoms with van der Waals surface area (Å²) in [7, 11) is 0. The van der Waals surface area contributed by atoms with Gasteiger partial charge in [0.25, 0.3) is 0 Å². The Hall–Kier alpha value is -1.73. The highest BCUT2D eigenvalue weighted by Gasteiger charge is 2.18. The van der Waals surface area contributed by atoms with Crippen molar-refractivity contribution in [2.75, 3.05) is 24.7 Å². The van der Waals surface area contributed by atoms with Gasteiger partial charge in [-0.25, -0.2) is 4.68 Å². The van der Waals surface area contributed by atoms with Gasteiger partial charge in [-0.3, -0.25) is 4.79 Å². The minimum absolute atomic E-state index is 0.138. The molecule has 0 bridgehead atoms. The Morgan fingerprint density at radius 1 is 1.16 bits per heavy atom. The number of carbonyl (C=O) groups excluding carboxylic acids is 1. The van der Waals surface area contributed by atoms with Crippen LogP contribution in [0.25, 0.3) is 11.4 Å². The number of thioether (sulfide) groups is 1. The maximum absolute atomic E-state index is 12.5. The zero-order valence-electron chi connectivity index (χ0n) is 14.0. The summed E-state index contributed by atoms with van der Waals surface area (Å²) >= 11 is 7.33.